The average Bonchev–Trinajstić information content (AvgIpc) is 1.95. The second-order valence-corrected chi connectivity index (χ2v) is 2.81. The Bertz CT molecular complexity index is 187. The molecule has 3 heteroatoms. The maximum atomic E-state index is 10.7. The lowest BCUT2D eigenvalue weighted by atomic mass is 9.97. The van der Waals surface area contributed by atoms with Crippen LogP contribution in [0, 0.1) is 0 Å². The van der Waals surface area contributed by atoms with Crippen molar-refractivity contribution >= 4 is 17.6 Å². The Kier molecular flexibility index (Phi) is 2.94. The van der Waals surface area contributed by atoms with E-state index in [1.807, 2.05) is 6.08 Å². The van der Waals surface area contributed by atoms with Crippen LogP contribution in [0.5, 0.6) is 0 Å². The third kappa shape index (κ3) is 2.22. The van der Waals surface area contributed by atoms with Gasteiger partial charge in [0.1, 0.15) is 6.10 Å². The first-order valence-electron chi connectivity index (χ1n) is 3.71. The summed E-state index contributed by atoms with van der Waals surface area (Å²) >= 11 is 5.53. The number of carbonyl (C=O) groups is 1. The van der Waals surface area contributed by atoms with Crippen LogP contribution in [-0.2, 0) is 9.53 Å². The van der Waals surface area contributed by atoms with E-state index in [9.17, 15) is 4.79 Å². The number of alkyl halides is 1. The lowest BCUT2D eigenvalue weighted by molar-refractivity contribution is -0.147. The van der Waals surface area contributed by atoms with Crippen LogP contribution in [0.1, 0.15) is 19.8 Å². The van der Waals surface area contributed by atoms with E-state index in [0.29, 0.717) is 12.3 Å². The maximum absolute atomic E-state index is 10.7. The van der Waals surface area contributed by atoms with Gasteiger partial charge in [-0.3, -0.25) is 4.79 Å². The van der Waals surface area contributed by atoms with Crippen LogP contribution >= 0.6 is 11.6 Å². The second kappa shape index (κ2) is 3.77. The van der Waals surface area contributed by atoms with Crippen molar-refractivity contribution in [1.82, 2.24) is 0 Å². The minimum Gasteiger partial charge on any atom is -0.458 e. The number of halogens is 1. The number of hydrogen-bond acceptors (Lipinski definition) is 2. The highest BCUT2D eigenvalue weighted by Crippen LogP contribution is 2.23. The quantitative estimate of drug-likeness (QED) is 0.371. The molecule has 1 aliphatic carbocycles. The van der Waals surface area contributed by atoms with Gasteiger partial charge in [-0.05, 0) is 6.08 Å². The molecule has 0 saturated carbocycles. The fraction of sp³-hybridized carbons (Fsp3) is 0.625. The fourth-order valence-electron chi connectivity index (χ4n) is 0.915. The monoisotopic (exact) mass is 174 g/mol. The number of ether oxygens (including phenoxy) is 1. The van der Waals surface area contributed by atoms with Gasteiger partial charge in [-0.2, -0.15) is 0 Å². The minimum atomic E-state index is -0.139. The predicted molar refractivity (Wildman–Crippen MR) is 43.6 cm³/mol. The fourth-order valence-corrected chi connectivity index (χ4v) is 1.11. The molecule has 0 saturated heterocycles. The smallest absolute Gasteiger partial charge is 0.306 e. The van der Waals surface area contributed by atoms with Gasteiger partial charge in [0.25, 0.3) is 0 Å². The van der Waals surface area contributed by atoms with Crippen molar-refractivity contribution in [2.75, 3.05) is 5.88 Å². The first kappa shape index (κ1) is 8.60. The van der Waals surface area contributed by atoms with Crippen molar-refractivity contribution in [2.45, 2.75) is 25.9 Å². The first-order valence-corrected chi connectivity index (χ1v) is 4.24. The van der Waals surface area contributed by atoms with Gasteiger partial charge in [0, 0.05) is 18.7 Å². The summed E-state index contributed by atoms with van der Waals surface area (Å²) < 4.78 is 4.99. The lowest BCUT2D eigenvalue weighted by Gasteiger charge is -2.23. The van der Waals surface area contributed by atoms with E-state index in [1.165, 1.54) is 5.57 Å². The standard InChI is InChI=1S/C8H11ClO2/c1-2-8(10)11-7-3-6(4-7)5-9/h3,7H,2,4-5H2,1H3. The molecule has 0 aromatic carbocycles. The molecule has 0 aliphatic heterocycles. The van der Waals surface area contributed by atoms with Gasteiger partial charge < -0.3 is 4.74 Å². The predicted octanol–water partition coefficient (Wildman–Crippen LogP) is 1.88. The summed E-state index contributed by atoms with van der Waals surface area (Å²) in [6, 6.07) is 0. The van der Waals surface area contributed by atoms with E-state index in [2.05, 4.69) is 0 Å². The maximum Gasteiger partial charge on any atom is 0.306 e. The molecule has 1 unspecified atom stereocenters. The van der Waals surface area contributed by atoms with Crippen LogP contribution < -0.4 is 0 Å². The molecule has 62 valence electrons. The zero-order valence-corrected chi connectivity index (χ0v) is 7.23. The van der Waals surface area contributed by atoms with E-state index < -0.39 is 0 Å². The topological polar surface area (TPSA) is 26.3 Å². The Balaban J connectivity index is 2.23. The molecule has 0 fully saturated rings. The van der Waals surface area contributed by atoms with Crippen LogP contribution in [0.4, 0.5) is 0 Å². The van der Waals surface area contributed by atoms with E-state index in [4.69, 9.17) is 16.3 Å². The largest absolute Gasteiger partial charge is 0.458 e. The highest BCUT2D eigenvalue weighted by atomic mass is 35.5. The molecule has 0 heterocycles. The number of hydrogen-bond donors (Lipinski definition) is 0. The highest BCUT2D eigenvalue weighted by molar-refractivity contribution is 6.19. The Morgan fingerprint density at radius 1 is 1.91 bits per heavy atom. The Morgan fingerprint density at radius 3 is 3.00 bits per heavy atom. The normalized spacial score (nSPS) is 22.0. The molecule has 0 aromatic rings. The summed E-state index contributed by atoms with van der Waals surface area (Å²) in [6.07, 6.45) is 3.16. The molecular weight excluding hydrogens is 164 g/mol. The highest BCUT2D eigenvalue weighted by Gasteiger charge is 2.20. The molecule has 11 heavy (non-hydrogen) atoms. The van der Waals surface area contributed by atoms with Crippen molar-refractivity contribution in [3.8, 4) is 0 Å². The summed E-state index contributed by atoms with van der Waals surface area (Å²) in [7, 11) is 0. The summed E-state index contributed by atoms with van der Waals surface area (Å²) in [4.78, 5) is 10.7. The summed E-state index contributed by atoms with van der Waals surface area (Å²) in [6.45, 7) is 1.78. The van der Waals surface area contributed by atoms with Crippen LogP contribution in [0.2, 0.25) is 0 Å². The second-order valence-electron chi connectivity index (χ2n) is 2.54. The van der Waals surface area contributed by atoms with E-state index in [-0.39, 0.29) is 12.1 Å². The minimum absolute atomic E-state index is 0.00352. The van der Waals surface area contributed by atoms with Gasteiger partial charge in [0.2, 0.25) is 0 Å². The summed E-state index contributed by atoms with van der Waals surface area (Å²) in [5.41, 5.74) is 1.17. The zero-order chi connectivity index (χ0) is 8.27. The molecule has 1 rings (SSSR count). The average molecular weight is 175 g/mol. The number of rotatable bonds is 3. The molecule has 0 N–H and O–H groups in total. The van der Waals surface area contributed by atoms with Crippen molar-refractivity contribution in [3.05, 3.63) is 11.6 Å². The molecule has 2 nitrogen and oxygen atoms in total. The van der Waals surface area contributed by atoms with Crippen molar-refractivity contribution < 1.29 is 9.53 Å². The molecule has 1 atom stereocenters. The third-order valence-corrected chi connectivity index (χ3v) is 1.97. The van der Waals surface area contributed by atoms with Gasteiger partial charge in [-0.1, -0.05) is 12.5 Å². The van der Waals surface area contributed by atoms with Gasteiger partial charge in [-0.15, -0.1) is 11.6 Å². The summed E-state index contributed by atoms with van der Waals surface area (Å²) in [5, 5.41) is 0. The molecular formula is C8H11ClO2. The van der Waals surface area contributed by atoms with Crippen LogP contribution in [0.3, 0.4) is 0 Å². The molecule has 1 aliphatic rings. The SMILES string of the molecule is CCC(=O)OC1C=C(CCl)C1. The molecule has 0 bridgehead atoms. The van der Waals surface area contributed by atoms with Gasteiger partial charge in [-0.25, -0.2) is 0 Å². The molecule has 0 spiro atoms. The van der Waals surface area contributed by atoms with Gasteiger partial charge in [0.05, 0.1) is 0 Å². The molecule has 0 radical (unpaired) electrons. The van der Waals surface area contributed by atoms with Gasteiger partial charge in [0.15, 0.2) is 0 Å². The lowest BCUT2D eigenvalue weighted by Crippen LogP contribution is -2.23. The number of esters is 1. The Morgan fingerprint density at radius 2 is 2.55 bits per heavy atom. The van der Waals surface area contributed by atoms with Crippen molar-refractivity contribution in [2.24, 2.45) is 0 Å². The number of carbonyl (C=O) groups excluding carboxylic acids is 1. The van der Waals surface area contributed by atoms with Crippen LogP contribution in [-0.4, -0.2) is 18.0 Å². The van der Waals surface area contributed by atoms with Crippen molar-refractivity contribution in [3.63, 3.8) is 0 Å². The third-order valence-electron chi connectivity index (χ3n) is 1.63. The van der Waals surface area contributed by atoms with E-state index in [0.717, 1.165) is 6.42 Å². The van der Waals surface area contributed by atoms with E-state index in [1.54, 1.807) is 6.92 Å². The van der Waals surface area contributed by atoms with Crippen LogP contribution in [0.15, 0.2) is 11.6 Å². The Labute approximate surface area is 71.2 Å². The van der Waals surface area contributed by atoms with Crippen LogP contribution in [0.25, 0.3) is 0 Å². The zero-order valence-electron chi connectivity index (χ0n) is 6.47. The summed E-state index contributed by atoms with van der Waals surface area (Å²) in [5.74, 6) is 0.417. The van der Waals surface area contributed by atoms with E-state index >= 15 is 0 Å². The van der Waals surface area contributed by atoms with Crippen molar-refractivity contribution in [1.29, 1.82) is 0 Å². The molecule has 0 aromatic heterocycles. The first-order chi connectivity index (χ1) is 5.26. The van der Waals surface area contributed by atoms with Gasteiger partial charge >= 0.3 is 5.97 Å². The molecule has 0 amide bonds. The Hall–Kier alpha value is -0.500.